The number of amides is 1. The molecular formula is C20H27N5O. The summed E-state index contributed by atoms with van der Waals surface area (Å²) in [7, 11) is 0. The van der Waals surface area contributed by atoms with E-state index in [0.29, 0.717) is 5.91 Å². The lowest BCUT2D eigenvalue weighted by Crippen LogP contribution is -2.42. The predicted molar refractivity (Wildman–Crippen MR) is 99.7 cm³/mol. The zero-order valence-corrected chi connectivity index (χ0v) is 15.2. The smallest absolute Gasteiger partial charge is 0.225 e. The Morgan fingerprint density at radius 3 is 2.65 bits per heavy atom. The fourth-order valence-corrected chi connectivity index (χ4v) is 4.02. The third kappa shape index (κ3) is 3.80. The van der Waals surface area contributed by atoms with Crippen LogP contribution in [0.4, 0.5) is 0 Å². The SMILES string of the molecule is O=C(C1CCNCC1)N1CCc2nnc(CCc3ccccc3)n2CC1. The van der Waals surface area contributed by atoms with E-state index >= 15 is 0 Å². The highest BCUT2D eigenvalue weighted by Gasteiger charge is 2.28. The first-order valence-electron chi connectivity index (χ1n) is 9.75. The number of hydrogen-bond donors (Lipinski definition) is 1. The van der Waals surface area contributed by atoms with E-state index in [1.165, 1.54) is 5.56 Å². The second-order valence-corrected chi connectivity index (χ2v) is 7.27. The molecule has 0 saturated carbocycles. The summed E-state index contributed by atoms with van der Waals surface area (Å²) < 4.78 is 2.23. The van der Waals surface area contributed by atoms with E-state index in [1.807, 2.05) is 11.0 Å². The van der Waals surface area contributed by atoms with Crippen LogP contribution in [0.3, 0.4) is 0 Å². The molecule has 1 saturated heterocycles. The molecule has 0 radical (unpaired) electrons. The minimum Gasteiger partial charge on any atom is -0.340 e. The molecule has 0 aliphatic carbocycles. The van der Waals surface area contributed by atoms with Crippen LogP contribution in [-0.4, -0.2) is 51.8 Å². The molecular weight excluding hydrogens is 326 g/mol. The molecule has 1 aromatic carbocycles. The summed E-state index contributed by atoms with van der Waals surface area (Å²) in [5, 5.41) is 12.2. The van der Waals surface area contributed by atoms with E-state index in [9.17, 15) is 4.79 Å². The third-order valence-electron chi connectivity index (χ3n) is 5.58. The van der Waals surface area contributed by atoms with E-state index in [0.717, 1.165) is 76.5 Å². The number of fused-ring (bicyclic) bond motifs is 1. The highest BCUT2D eigenvalue weighted by molar-refractivity contribution is 5.79. The van der Waals surface area contributed by atoms with Crippen molar-refractivity contribution in [2.75, 3.05) is 26.2 Å². The van der Waals surface area contributed by atoms with Crippen molar-refractivity contribution >= 4 is 5.91 Å². The molecule has 1 fully saturated rings. The standard InChI is InChI=1S/C20H27N5O/c26-20(17-8-11-21-12-9-17)24-13-10-19-23-22-18(25(19)15-14-24)7-6-16-4-2-1-3-5-16/h1-5,17,21H,6-15H2. The van der Waals surface area contributed by atoms with Gasteiger partial charge in [-0.2, -0.15) is 0 Å². The van der Waals surface area contributed by atoms with Crippen LogP contribution < -0.4 is 5.32 Å². The largest absolute Gasteiger partial charge is 0.340 e. The Bertz CT molecular complexity index is 736. The minimum absolute atomic E-state index is 0.192. The number of carbonyl (C=O) groups is 1. The number of rotatable bonds is 4. The summed E-state index contributed by atoms with van der Waals surface area (Å²) in [6.07, 6.45) is 4.58. The van der Waals surface area contributed by atoms with Gasteiger partial charge in [0.2, 0.25) is 5.91 Å². The van der Waals surface area contributed by atoms with Crippen molar-refractivity contribution in [1.82, 2.24) is 25.0 Å². The number of aromatic nitrogens is 3. The van der Waals surface area contributed by atoms with Gasteiger partial charge in [0.05, 0.1) is 0 Å². The van der Waals surface area contributed by atoms with Crippen molar-refractivity contribution in [3.8, 4) is 0 Å². The maximum Gasteiger partial charge on any atom is 0.225 e. The quantitative estimate of drug-likeness (QED) is 0.904. The maximum absolute atomic E-state index is 12.8. The summed E-state index contributed by atoms with van der Waals surface area (Å²) in [6, 6.07) is 10.5. The van der Waals surface area contributed by atoms with Gasteiger partial charge in [-0.05, 0) is 37.9 Å². The lowest BCUT2D eigenvalue weighted by Gasteiger charge is -2.28. The number of carbonyl (C=O) groups excluding carboxylic acids is 1. The zero-order chi connectivity index (χ0) is 17.8. The topological polar surface area (TPSA) is 63.1 Å². The van der Waals surface area contributed by atoms with Crippen LogP contribution in [-0.2, 0) is 30.6 Å². The molecule has 138 valence electrons. The Balaban J connectivity index is 1.39. The van der Waals surface area contributed by atoms with Crippen molar-refractivity contribution in [3.05, 3.63) is 47.5 Å². The Labute approximate surface area is 154 Å². The van der Waals surface area contributed by atoms with Gasteiger partial charge < -0.3 is 14.8 Å². The number of hydrogen-bond acceptors (Lipinski definition) is 4. The molecule has 0 bridgehead atoms. The van der Waals surface area contributed by atoms with Crippen molar-refractivity contribution in [1.29, 1.82) is 0 Å². The molecule has 2 aliphatic heterocycles. The van der Waals surface area contributed by atoms with E-state index < -0.39 is 0 Å². The highest BCUT2D eigenvalue weighted by Crippen LogP contribution is 2.18. The summed E-state index contributed by atoms with van der Waals surface area (Å²) in [4.78, 5) is 14.9. The molecule has 0 spiro atoms. The fourth-order valence-electron chi connectivity index (χ4n) is 4.02. The van der Waals surface area contributed by atoms with Gasteiger partial charge in [0.15, 0.2) is 0 Å². The molecule has 6 heteroatoms. The van der Waals surface area contributed by atoms with Crippen LogP contribution in [0.1, 0.15) is 30.1 Å². The molecule has 0 atom stereocenters. The van der Waals surface area contributed by atoms with Gasteiger partial charge in [0, 0.05) is 38.4 Å². The predicted octanol–water partition coefficient (Wildman–Crippen LogP) is 1.45. The van der Waals surface area contributed by atoms with Gasteiger partial charge in [-0.1, -0.05) is 30.3 Å². The number of nitrogens with one attached hydrogen (secondary N) is 1. The first-order valence-corrected chi connectivity index (χ1v) is 9.75. The van der Waals surface area contributed by atoms with Crippen LogP contribution in [0, 0.1) is 5.92 Å². The van der Waals surface area contributed by atoms with E-state index in [2.05, 4.69) is 44.3 Å². The van der Waals surface area contributed by atoms with Crippen molar-refractivity contribution in [2.45, 2.75) is 38.6 Å². The normalized spacial score (nSPS) is 18.4. The maximum atomic E-state index is 12.8. The molecule has 1 N–H and O–H groups in total. The van der Waals surface area contributed by atoms with E-state index in [-0.39, 0.29) is 5.92 Å². The van der Waals surface area contributed by atoms with Crippen LogP contribution in [0.2, 0.25) is 0 Å². The van der Waals surface area contributed by atoms with Gasteiger partial charge in [-0.15, -0.1) is 10.2 Å². The number of benzene rings is 1. The van der Waals surface area contributed by atoms with Crippen molar-refractivity contribution in [2.24, 2.45) is 5.92 Å². The third-order valence-corrected chi connectivity index (χ3v) is 5.58. The first-order chi connectivity index (χ1) is 12.8. The second-order valence-electron chi connectivity index (χ2n) is 7.27. The van der Waals surface area contributed by atoms with Gasteiger partial charge in [-0.3, -0.25) is 4.79 Å². The Hall–Kier alpha value is -2.21. The molecule has 1 amide bonds. The average Bonchev–Trinajstić information content (AvgIpc) is 2.96. The summed E-state index contributed by atoms with van der Waals surface area (Å²) >= 11 is 0. The minimum atomic E-state index is 0.192. The van der Waals surface area contributed by atoms with E-state index in [1.54, 1.807) is 0 Å². The molecule has 4 rings (SSSR count). The summed E-state index contributed by atoms with van der Waals surface area (Å²) in [6.45, 7) is 4.26. The van der Waals surface area contributed by atoms with Crippen LogP contribution >= 0.6 is 0 Å². The molecule has 6 nitrogen and oxygen atoms in total. The average molecular weight is 353 g/mol. The molecule has 1 aromatic heterocycles. The Kier molecular flexibility index (Phi) is 5.29. The lowest BCUT2D eigenvalue weighted by molar-refractivity contribution is -0.136. The Morgan fingerprint density at radius 2 is 1.85 bits per heavy atom. The van der Waals surface area contributed by atoms with E-state index in [4.69, 9.17) is 0 Å². The summed E-state index contributed by atoms with van der Waals surface area (Å²) in [5.74, 6) is 2.59. The second kappa shape index (κ2) is 7.99. The molecule has 3 heterocycles. The Morgan fingerprint density at radius 1 is 1.04 bits per heavy atom. The number of piperidine rings is 1. The van der Waals surface area contributed by atoms with Crippen LogP contribution in [0.15, 0.2) is 30.3 Å². The first kappa shape index (κ1) is 17.2. The molecule has 26 heavy (non-hydrogen) atoms. The van der Waals surface area contributed by atoms with Gasteiger partial charge >= 0.3 is 0 Å². The van der Waals surface area contributed by atoms with Gasteiger partial charge in [0.25, 0.3) is 0 Å². The summed E-state index contributed by atoms with van der Waals surface area (Å²) in [5.41, 5.74) is 1.32. The van der Waals surface area contributed by atoms with Crippen molar-refractivity contribution in [3.63, 3.8) is 0 Å². The van der Waals surface area contributed by atoms with Crippen LogP contribution in [0.5, 0.6) is 0 Å². The lowest BCUT2D eigenvalue weighted by atomic mass is 9.96. The van der Waals surface area contributed by atoms with Gasteiger partial charge in [0.1, 0.15) is 11.6 Å². The van der Waals surface area contributed by atoms with Crippen molar-refractivity contribution < 1.29 is 4.79 Å². The number of nitrogens with zero attached hydrogens (tertiary/aromatic N) is 4. The fraction of sp³-hybridized carbons (Fsp3) is 0.550. The highest BCUT2D eigenvalue weighted by atomic mass is 16.2. The van der Waals surface area contributed by atoms with Gasteiger partial charge in [-0.25, -0.2) is 0 Å². The molecule has 2 aliphatic rings. The molecule has 2 aromatic rings. The number of aryl methyl sites for hydroxylation is 2. The van der Waals surface area contributed by atoms with Crippen LogP contribution in [0.25, 0.3) is 0 Å². The molecule has 0 unspecified atom stereocenters. The monoisotopic (exact) mass is 353 g/mol. The zero-order valence-electron chi connectivity index (χ0n) is 15.2.